The van der Waals surface area contributed by atoms with E-state index in [9.17, 15) is 9.90 Å². The lowest BCUT2D eigenvalue weighted by Gasteiger charge is -2.34. The van der Waals surface area contributed by atoms with Crippen LogP contribution in [0.1, 0.15) is 31.2 Å². The zero-order valence-corrected chi connectivity index (χ0v) is 14.2. The van der Waals surface area contributed by atoms with Crippen LogP contribution >= 0.6 is 0 Å². The van der Waals surface area contributed by atoms with Crippen molar-refractivity contribution < 1.29 is 14.3 Å². The molecule has 0 spiro atoms. The second kappa shape index (κ2) is 7.18. The number of carbonyl (C=O) groups is 1. The number of hydrogen-bond donors (Lipinski definition) is 1. The highest BCUT2D eigenvalue weighted by atomic mass is 16.4. The maximum absolute atomic E-state index is 12.3. The third-order valence-electron chi connectivity index (χ3n) is 4.71. The van der Waals surface area contributed by atoms with Crippen LogP contribution in [-0.4, -0.2) is 40.1 Å². The van der Waals surface area contributed by atoms with Gasteiger partial charge in [0, 0.05) is 31.5 Å². The minimum Gasteiger partial charge on any atom is -0.441 e. The molecule has 2 unspecified atom stereocenters. The summed E-state index contributed by atoms with van der Waals surface area (Å²) in [7, 11) is 0. The molecular formula is C19H24N2O3. The van der Waals surface area contributed by atoms with Crippen molar-refractivity contribution in [1.82, 2.24) is 9.88 Å². The highest BCUT2D eigenvalue weighted by Gasteiger charge is 2.27. The molecule has 2 heterocycles. The summed E-state index contributed by atoms with van der Waals surface area (Å²) in [5.74, 6) is 1.61. The van der Waals surface area contributed by atoms with Crippen molar-refractivity contribution >= 4 is 5.91 Å². The van der Waals surface area contributed by atoms with Gasteiger partial charge < -0.3 is 14.4 Å². The Morgan fingerprint density at radius 1 is 1.38 bits per heavy atom. The van der Waals surface area contributed by atoms with Crippen molar-refractivity contribution in [2.45, 2.75) is 39.2 Å². The molecule has 0 saturated carbocycles. The van der Waals surface area contributed by atoms with Crippen LogP contribution in [0.5, 0.6) is 0 Å². The first-order valence-corrected chi connectivity index (χ1v) is 8.50. The van der Waals surface area contributed by atoms with Crippen molar-refractivity contribution in [1.29, 1.82) is 0 Å². The Morgan fingerprint density at radius 3 is 2.83 bits per heavy atom. The zero-order chi connectivity index (χ0) is 17.1. The number of aryl methyl sites for hydroxylation is 2. The lowest BCUT2D eigenvalue weighted by atomic mass is 9.96. The lowest BCUT2D eigenvalue weighted by molar-refractivity contribution is -0.135. The lowest BCUT2D eigenvalue weighted by Crippen LogP contribution is -2.45. The number of β-amino-alcohol motifs (C(OH)–C–C–N with tert-alkyl or cyclic N) is 1. The molecule has 1 saturated heterocycles. The van der Waals surface area contributed by atoms with Crippen molar-refractivity contribution in [3.8, 4) is 11.3 Å². The summed E-state index contributed by atoms with van der Waals surface area (Å²) in [4.78, 5) is 18.3. The van der Waals surface area contributed by atoms with E-state index in [1.807, 2.05) is 38.1 Å². The minimum absolute atomic E-state index is 0.0519. The first-order chi connectivity index (χ1) is 11.5. The molecule has 1 aliphatic rings. The van der Waals surface area contributed by atoms with Crippen LogP contribution in [0.2, 0.25) is 0 Å². The van der Waals surface area contributed by atoms with Crippen LogP contribution in [0.25, 0.3) is 11.3 Å². The van der Waals surface area contributed by atoms with Gasteiger partial charge in [-0.15, -0.1) is 0 Å². The number of carbonyl (C=O) groups excluding carboxylic acids is 1. The number of piperidine rings is 1. The standard InChI is InChI=1S/C19H24N2O3/c1-13-3-5-15(6-4-13)17-11-20-18(24-17)7-8-19(23)21-10-9-14(2)16(22)12-21/h3-6,11,14,16,22H,7-10,12H2,1-2H3. The van der Waals surface area contributed by atoms with E-state index in [2.05, 4.69) is 4.98 Å². The van der Waals surface area contributed by atoms with Gasteiger partial charge in [-0.3, -0.25) is 4.79 Å². The Labute approximate surface area is 142 Å². The molecular weight excluding hydrogens is 304 g/mol. The normalized spacial score (nSPS) is 21.0. The fourth-order valence-corrected chi connectivity index (χ4v) is 2.92. The van der Waals surface area contributed by atoms with Gasteiger partial charge in [-0.05, 0) is 19.3 Å². The van der Waals surface area contributed by atoms with E-state index in [4.69, 9.17) is 4.42 Å². The molecule has 1 fully saturated rings. The first kappa shape index (κ1) is 16.7. The van der Waals surface area contributed by atoms with Crippen molar-refractivity contribution in [2.24, 2.45) is 5.92 Å². The zero-order valence-electron chi connectivity index (χ0n) is 14.2. The van der Waals surface area contributed by atoms with Gasteiger partial charge in [0.15, 0.2) is 11.7 Å². The van der Waals surface area contributed by atoms with Gasteiger partial charge in [0.2, 0.25) is 5.91 Å². The fourth-order valence-electron chi connectivity index (χ4n) is 2.92. The van der Waals surface area contributed by atoms with E-state index < -0.39 is 6.10 Å². The Bertz CT molecular complexity index is 693. The molecule has 1 aromatic carbocycles. The quantitative estimate of drug-likeness (QED) is 0.937. The average Bonchev–Trinajstić information content (AvgIpc) is 3.05. The van der Waals surface area contributed by atoms with Gasteiger partial charge in [0.1, 0.15) is 0 Å². The molecule has 2 aromatic rings. The largest absolute Gasteiger partial charge is 0.441 e. The fraction of sp³-hybridized carbons (Fsp3) is 0.474. The summed E-state index contributed by atoms with van der Waals surface area (Å²) in [6, 6.07) is 8.07. The summed E-state index contributed by atoms with van der Waals surface area (Å²) in [5.41, 5.74) is 2.18. The summed E-state index contributed by atoms with van der Waals surface area (Å²) in [5, 5.41) is 9.91. The third-order valence-corrected chi connectivity index (χ3v) is 4.71. The smallest absolute Gasteiger partial charge is 0.223 e. The van der Waals surface area contributed by atoms with E-state index in [1.54, 1.807) is 11.1 Å². The van der Waals surface area contributed by atoms with Gasteiger partial charge in [0.25, 0.3) is 0 Å². The number of aliphatic hydroxyl groups excluding tert-OH is 1. The van der Waals surface area contributed by atoms with E-state index >= 15 is 0 Å². The van der Waals surface area contributed by atoms with Crippen LogP contribution in [0, 0.1) is 12.8 Å². The van der Waals surface area contributed by atoms with Gasteiger partial charge in [-0.2, -0.15) is 0 Å². The van der Waals surface area contributed by atoms with Gasteiger partial charge in [0.05, 0.1) is 12.3 Å². The highest BCUT2D eigenvalue weighted by molar-refractivity contribution is 5.76. The molecule has 5 nitrogen and oxygen atoms in total. The topological polar surface area (TPSA) is 66.6 Å². The second-order valence-electron chi connectivity index (χ2n) is 6.66. The maximum atomic E-state index is 12.3. The molecule has 24 heavy (non-hydrogen) atoms. The summed E-state index contributed by atoms with van der Waals surface area (Å²) < 4.78 is 5.75. The molecule has 0 bridgehead atoms. The summed E-state index contributed by atoms with van der Waals surface area (Å²) >= 11 is 0. The molecule has 1 amide bonds. The number of rotatable bonds is 4. The Balaban J connectivity index is 1.55. The predicted molar refractivity (Wildman–Crippen MR) is 91.4 cm³/mol. The summed E-state index contributed by atoms with van der Waals surface area (Å²) in [6.07, 6.45) is 2.97. The monoisotopic (exact) mass is 328 g/mol. The number of hydrogen-bond acceptors (Lipinski definition) is 4. The number of oxazole rings is 1. The Morgan fingerprint density at radius 2 is 2.12 bits per heavy atom. The molecule has 5 heteroatoms. The molecule has 2 atom stereocenters. The molecule has 128 valence electrons. The van der Waals surface area contributed by atoms with Gasteiger partial charge in [-0.1, -0.05) is 36.8 Å². The van der Waals surface area contributed by atoms with E-state index in [0.29, 0.717) is 25.3 Å². The van der Waals surface area contributed by atoms with Crippen LogP contribution < -0.4 is 0 Å². The SMILES string of the molecule is Cc1ccc(-c2cnc(CCC(=O)N3CCC(C)C(O)C3)o2)cc1. The molecule has 1 N–H and O–H groups in total. The number of aliphatic hydroxyl groups is 1. The maximum Gasteiger partial charge on any atom is 0.223 e. The van der Waals surface area contributed by atoms with Gasteiger partial charge in [-0.25, -0.2) is 4.98 Å². The van der Waals surface area contributed by atoms with Crippen LogP contribution in [-0.2, 0) is 11.2 Å². The number of amides is 1. The third kappa shape index (κ3) is 3.85. The Kier molecular flexibility index (Phi) is 5.00. The molecule has 0 aliphatic carbocycles. The van der Waals surface area contributed by atoms with Crippen LogP contribution in [0.15, 0.2) is 34.9 Å². The first-order valence-electron chi connectivity index (χ1n) is 8.50. The molecule has 1 aromatic heterocycles. The molecule has 1 aliphatic heterocycles. The van der Waals surface area contributed by atoms with Crippen LogP contribution in [0.3, 0.4) is 0 Å². The van der Waals surface area contributed by atoms with Gasteiger partial charge >= 0.3 is 0 Å². The number of aromatic nitrogens is 1. The highest BCUT2D eigenvalue weighted by Crippen LogP contribution is 2.22. The molecule has 3 rings (SSSR count). The van der Waals surface area contributed by atoms with E-state index in [-0.39, 0.29) is 11.8 Å². The minimum atomic E-state index is -0.419. The van der Waals surface area contributed by atoms with E-state index in [0.717, 1.165) is 24.3 Å². The Hall–Kier alpha value is -2.14. The van der Waals surface area contributed by atoms with Crippen molar-refractivity contribution in [2.75, 3.05) is 13.1 Å². The predicted octanol–water partition coefficient (Wildman–Crippen LogP) is 2.81. The van der Waals surface area contributed by atoms with E-state index in [1.165, 1.54) is 5.56 Å². The summed E-state index contributed by atoms with van der Waals surface area (Å²) in [6.45, 7) is 5.21. The second-order valence-corrected chi connectivity index (χ2v) is 6.66. The number of likely N-dealkylation sites (tertiary alicyclic amines) is 1. The number of benzene rings is 1. The van der Waals surface area contributed by atoms with Crippen molar-refractivity contribution in [3.63, 3.8) is 0 Å². The van der Waals surface area contributed by atoms with Crippen LogP contribution in [0.4, 0.5) is 0 Å². The number of nitrogens with zero attached hydrogens (tertiary/aromatic N) is 2. The average molecular weight is 328 g/mol. The van der Waals surface area contributed by atoms with Crippen molar-refractivity contribution in [3.05, 3.63) is 41.9 Å². The molecule has 0 radical (unpaired) electrons.